The minimum absolute atomic E-state index is 0.148. The first kappa shape index (κ1) is 14.6. The number of rotatable bonds is 5. The predicted molar refractivity (Wildman–Crippen MR) is 81.0 cm³/mol. The Bertz CT molecular complexity index is 577. The number of aromatic nitrogens is 1. The zero-order chi connectivity index (χ0) is 14.0. The van der Waals surface area contributed by atoms with E-state index in [0.717, 1.165) is 18.0 Å². The van der Waals surface area contributed by atoms with E-state index in [1.54, 1.807) is 10.6 Å². The first-order valence-electron chi connectivity index (χ1n) is 6.39. The summed E-state index contributed by atoms with van der Waals surface area (Å²) in [7, 11) is -1.08. The molecule has 0 bridgehead atoms. The van der Waals surface area contributed by atoms with E-state index in [9.17, 15) is 4.39 Å². The Morgan fingerprint density at radius 3 is 2.68 bits per heavy atom. The van der Waals surface area contributed by atoms with Gasteiger partial charge < -0.3 is 9.30 Å². The van der Waals surface area contributed by atoms with Crippen LogP contribution in [0.15, 0.2) is 24.4 Å². The van der Waals surface area contributed by atoms with Gasteiger partial charge in [-0.15, -0.1) is 0 Å². The van der Waals surface area contributed by atoms with Crippen LogP contribution in [0, 0.1) is 5.82 Å². The van der Waals surface area contributed by atoms with Crippen LogP contribution in [0.2, 0.25) is 30.7 Å². The molecule has 0 radical (unpaired) electrons. The van der Waals surface area contributed by atoms with Crippen molar-refractivity contribution in [3.63, 3.8) is 0 Å². The first-order valence-corrected chi connectivity index (χ1v) is 10.5. The van der Waals surface area contributed by atoms with Gasteiger partial charge in [-0.05, 0) is 18.2 Å². The van der Waals surface area contributed by atoms with Crippen molar-refractivity contribution in [3.8, 4) is 0 Å². The van der Waals surface area contributed by atoms with E-state index in [0.29, 0.717) is 12.2 Å². The van der Waals surface area contributed by atoms with Gasteiger partial charge >= 0.3 is 0 Å². The van der Waals surface area contributed by atoms with Gasteiger partial charge in [0.1, 0.15) is 6.73 Å². The summed E-state index contributed by atoms with van der Waals surface area (Å²) in [5, 5.41) is 0.991. The van der Waals surface area contributed by atoms with Crippen molar-refractivity contribution in [3.05, 3.63) is 35.2 Å². The lowest BCUT2D eigenvalue weighted by molar-refractivity contribution is 0.0899. The molecule has 0 aliphatic heterocycles. The molecule has 1 aromatic carbocycles. The maximum atomic E-state index is 14.0. The Balaban J connectivity index is 2.07. The third-order valence-corrected chi connectivity index (χ3v) is 5.04. The molecule has 0 fully saturated rings. The van der Waals surface area contributed by atoms with Gasteiger partial charge in [0.2, 0.25) is 0 Å². The Kier molecular flexibility index (Phi) is 4.33. The molecule has 5 heteroatoms. The molecule has 2 aromatic rings. The quantitative estimate of drug-likeness (QED) is 0.574. The lowest BCUT2D eigenvalue weighted by Crippen LogP contribution is -2.22. The highest BCUT2D eigenvalue weighted by molar-refractivity contribution is 6.76. The molecule has 0 saturated carbocycles. The summed E-state index contributed by atoms with van der Waals surface area (Å²) < 4.78 is 21.4. The summed E-state index contributed by atoms with van der Waals surface area (Å²) in [5.74, 6) is -0.377. The molecule has 0 aliphatic rings. The van der Waals surface area contributed by atoms with E-state index in [4.69, 9.17) is 16.3 Å². The highest BCUT2D eigenvalue weighted by Gasteiger charge is 2.13. The topological polar surface area (TPSA) is 14.2 Å². The van der Waals surface area contributed by atoms with E-state index in [1.807, 2.05) is 18.3 Å². The van der Waals surface area contributed by atoms with Crippen LogP contribution in [0.3, 0.4) is 0 Å². The molecule has 19 heavy (non-hydrogen) atoms. The number of ether oxygens (including phenoxy) is 1. The van der Waals surface area contributed by atoms with Gasteiger partial charge in [-0.1, -0.05) is 37.3 Å². The summed E-state index contributed by atoms with van der Waals surface area (Å²) in [6.07, 6.45) is 1.83. The zero-order valence-corrected chi connectivity index (χ0v) is 13.3. The van der Waals surface area contributed by atoms with E-state index in [2.05, 4.69) is 19.6 Å². The largest absolute Gasteiger partial charge is 0.361 e. The second-order valence-electron chi connectivity index (χ2n) is 5.93. The second kappa shape index (κ2) is 5.65. The number of hydrogen-bond donors (Lipinski definition) is 0. The van der Waals surface area contributed by atoms with Crippen LogP contribution in [0.5, 0.6) is 0 Å². The van der Waals surface area contributed by atoms with Crippen molar-refractivity contribution >= 4 is 30.6 Å². The summed E-state index contributed by atoms with van der Waals surface area (Å²) >= 11 is 5.81. The fraction of sp³-hybridized carbons (Fsp3) is 0.429. The second-order valence-corrected chi connectivity index (χ2v) is 12.0. The smallest absolute Gasteiger partial charge is 0.166 e. The summed E-state index contributed by atoms with van der Waals surface area (Å²) in [4.78, 5) is 0. The van der Waals surface area contributed by atoms with Crippen molar-refractivity contribution in [1.82, 2.24) is 4.57 Å². The lowest BCUT2D eigenvalue weighted by Gasteiger charge is -2.15. The minimum Gasteiger partial charge on any atom is -0.361 e. The van der Waals surface area contributed by atoms with Crippen LogP contribution in [0.1, 0.15) is 0 Å². The number of nitrogens with zero attached hydrogens (tertiary/aromatic N) is 1. The van der Waals surface area contributed by atoms with Crippen molar-refractivity contribution in [2.75, 3.05) is 6.61 Å². The fourth-order valence-electron chi connectivity index (χ4n) is 1.87. The predicted octanol–water partition coefficient (Wildman–Crippen LogP) is 4.75. The number of hydrogen-bond acceptors (Lipinski definition) is 1. The number of fused-ring (bicyclic) bond motifs is 1. The van der Waals surface area contributed by atoms with Gasteiger partial charge in [0.25, 0.3) is 0 Å². The first-order chi connectivity index (χ1) is 8.88. The number of benzene rings is 1. The van der Waals surface area contributed by atoms with E-state index >= 15 is 0 Å². The van der Waals surface area contributed by atoms with Crippen molar-refractivity contribution in [2.24, 2.45) is 0 Å². The van der Waals surface area contributed by atoms with Crippen LogP contribution in [-0.4, -0.2) is 19.2 Å². The normalized spacial score (nSPS) is 12.3. The molecule has 0 spiro atoms. The third-order valence-electron chi connectivity index (χ3n) is 3.05. The molecule has 0 N–H and O–H groups in total. The fourth-order valence-corrected chi connectivity index (χ4v) is 2.78. The van der Waals surface area contributed by atoms with Crippen LogP contribution >= 0.6 is 11.6 Å². The van der Waals surface area contributed by atoms with Gasteiger partial charge in [-0.3, -0.25) is 0 Å². The van der Waals surface area contributed by atoms with Gasteiger partial charge in [0.05, 0.1) is 10.5 Å². The molecule has 0 aliphatic carbocycles. The highest BCUT2D eigenvalue weighted by atomic mass is 35.5. The third kappa shape index (κ3) is 3.59. The van der Waals surface area contributed by atoms with Crippen molar-refractivity contribution < 1.29 is 9.13 Å². The standard InChI is InChI=1S/C14H19ClFNOSi/c1-19(2,3)9-8-18-10-17-7-6-11-4-5-12(15)13(16)14(11)17/h4-7H,8-10H2,1-3H3. The molecule has 104 valence electrons. The van der Waals surface area contributed by atoms with Gasteiger partial charge in [0, 0.05) is 26.3 Å². The Morgan fingerprint density at radius 1 is 1.26 bits per heavy atom. The molecule has 0 amide bonds. The van der Waals surface area contributed by atoms with E-state index in [-0.39, 0.29) is 10.8 Å². The summed E-state index contributed by atoms with van der Waals surface area (Å²) in [6, 6.07) is 6.38. The van der Waals surface area contributed by atoms with Gasteiger partial charge in [0.15, 0.2) is 5.82 Å². The molecule has 1 aromatic heterocycles. The Morgan fingerprint density at radius 2 is 2.00 bits per heavy atom. The maximum Gasteiger partial charge on any atom is 0.166 e. The van der Waals surface area contributed by atoms with Crippen LogP contribution in [-0.2, 0) is 11.5 Å². The van der Waals surface area contributed by atoms with Crippen molar-refractivity contribution in [2.45, 2.75) is 32.4 Å². The zero-order valence-electron chi connectivity index (χ0n) is 11.5. The SMILES string of the molecule is C[Si](C)(C)CCOCn1ccc2ccc(Cl)c(F)c21. The van der Waals surface area contributed by atoms with Crippen molar-refractivity contribution in [1.29, 1.82) is 0 Å². The highest BCUT2D eigenvalue weighted by Crippen LogP contribution is 2.25. The van der Waals surface area contributed by atoms with Gasteiger partial charge in [-0.25, -0.2) is 4.39 Å². The molecule has 2 nitrogen and oxygen atoms in total. The molecule has 2 rings (SSSR count). The molecule has 0 unspecified atom stereocenters. The maximum absolute atomic E-state index is 14.0. The Labute approximate surface area is 119 Å². The molecule has 0 saturated heterocycles. The van der Waals surface area contributed by atoms with E-state index in [1.165, 1.54) is 0 Å². The number of halogens is 2. The van der Waals surface area contributed by atoms with Crippen LogP contribution < -0.4 is 0 Å². The lowest BCUT2D eigenvalue weighted by atomic mass is 10.2. The van der Waals surface area contributed by atoms with Crippen LogP contribution in [0.25, 0.3) is 10.9 Å². The molecule has 0 atom stereocenters. The van der Waals surface area contributed by atoms with Crippen LogP contribution in [0.4, 0.5) is 4.39 Å². The van der Waals surface area contributed by atoms with E-state index < -0.39 is 8.07 Å². The average Bonchev–Trinajstić information content (AvgIpc) is 2.72. The summed E-state index contributed by atoms with van der Waals surface area (Å²) in [5.41, 5.74) is 0.514. The molecular weight excluding hydrogens is 281 g/mol. The monoisotopic (exact) mass is 299 g/mol. The summed E-state index contributed by atoms with van der Waals surface area (Å²) in [6.45, 7) is 8.01. The van der Waals surface area contributed by atoms with Gasteiger partial charge in [-0.2, -0.15) is 0 Å². The molecular formula is C14H19ClFNOSi. The Hall–Kier alpha value is -0.843. The average molecular weight is 300 g/mol. The minimum atomic E-state index is -1.08. The molecule has 1 heterocycles.